The minimum Gasteiger partial charge on any atom is -0.277 e. The summed E-state index contributed by atoms with van der Waals surface area (Å²) >= 11 is 6.60. The van der Waals surface area contributed by atoms with Crippen molar-refractivity contribution in [3.8, 4) is 16.9 Å². The van der Waals surface area contributed by atoms with Crippen LogP contribution in [-0.2, 0) is 9.84 Å². The van der Waals surface area contributed by atoms with Crippen molar-refractivity contribution in [1.82, 2.24) is 19.2 Å². The highest BCUT2D eigenvalue weighted by atomic mass is 35.5. The zero-order valence-corrected chi connectivity index (χ0v) is 23.6. The molecule has 4 heterocycles. The molecule has 41 heavy (non-hydrogen) atoms. The molecule has 7 nitrogen and oxygen atoms in total. The van der Waals surface area contributed by atoms with E-state index in [0.29, 0.717) is 17.7 Å². The predicted octanol–water partition coefficient (Wildman–Crippen LogP) is 5.91. The molecule has 0 unspecified atom stereocenters. The standard InChI is InChI=1S/C29H22ClF3N4O3S/c1-14-12-34-27(17-5-4-6-23(25(17)32)41(3,39)40)26(33)28(14)37-15(2)9-21(24(30)29(37)38)19-11-18(19)20-10-16(31)13-36-22(20)7-8-35-36/h4-10,12-13,18-19H,11H2,1-3H3/t18-,19-/m0/s1. The number of hydrogen-bond acceptors (Lipinski definition) is 5. The fourth-order valence-corrected chi connectivity index (χ4v) is 6.53. The van der Waals surface area contributed by atoms with Crippen molar-refractivity contribution in [1.29, 1.82) is 0 Å². The van der Waals surface area contributed by atoms with Gasteiger partial charge in [-0.1, -0.05) is 17.7 Å². The molecule has 0 spiro atoms. The molecule has 0 saturated heterocycles. The summed E-state index contributed by atoms with van der Waals surface area (Å²) in [4.78, 5) is 17.1. The van der Waals surface area contributed by atoms with Crippen LogP contribution < -0.4 is 5.56 Å². The van der Waals surface area contributed by atoms with Crippen LogP contribution in [0.15, 0.2) is 64.7 Å². The molecule has 5 aromatic rings. The van der Waals surface area contributed by atoms with Crippen molar-refractivity contribution in [3.63, 3.8) is 0 Å². The first-order valence-corrected chi connectivity index (χ1v) is 14.8. The summed E-state index contributed by atoms with van der Waals surface area (Å²) in [6.45, 7) is 3.17. The second-order valence-corrected chi connectivity index (χ2v) is 12.6. The van der Waals surface area contributed by atoms with E-state index < -0.39 is 43.4 Å². The van der Waals surface area contributed by atoms with Crippen LogP contribution in [0.1, 0.15) is 40.6 Å². The van der Waals surface area contributed by atoms with Crippen molar-refractivity contribution in [2.45, 2.75) is 37.0 Å². The lowest BCUT2D eigenvalue weighted by molar-refractivity contribution is 0.569. The number of hydrogen-bond donors (Lipinski definition) is 0. The quantitative estimate of drug-likeness (QED) is 0.251. The number of halogens is 4. The van der Waals surface area contributed by atoms with E-state index in [2.05, 4.69) is 10.1 Å². The van der Waals surface area contributed by atoms with E-state index in [0.717, 1.165) is 28.0 Å². The fraction of sp³-hybridized carbons (Fsp3) is 0.207. The van der Waals surface area contributed by atoms with Crippen molar-refractivity contribution in [3.05, 3.63) is 110 Å². The van der Waals surface area contributed by atoms with Gasteiger partial charge in [-0.2, -0.15) is 5.10 Å². The summed E-state index contributed by atoms with van der Waals surface area (Å²) < 4.78 is 72.2. The van der Waals surface area contributed by atoms with Crippen LogP contribution >= 0.6 is 11.6 Å². The van der Waals surface area contributed by atoms with Crippen LogP contribution in [-0.4, -0.2) is 33.8 Å². The van der Waals surface area contributed by atoms with Crippen LogP contribution in [0.2, 0.25) is 5.02 Å². The second kappa shape index (κ2) is 9.56. The van der Waals surface area contributed by atoms with Crippen LogP contribution in [0.4, 0.5) is 13.2 Å². The van der Waals surface area contributed by atoms with Crippen molar-refractivity contribution in [2.75, 3.05) is 6.26 Å². The first kappa shape index (κ1) is 27.2. The molecule has 1 saturated carbocycles. The number of pyridine rings is 3. The molecule has 0 bridgehead atoms. The Morgan fingerprint density at radius 1 is 1.02 bits per heavy atom. The number of aromatic nitrogens is 4. The van der Waals surface area contributed by atoms with Crippen molar-refractivity contribution in [2.24, 2.45) is 0 Å². The Labute approximate surface area is 237 Å². The minimum absolute atomic E-state index is 0.0897. The molecule has 0 aliphatic heterocycles. The molecule has 1 aromatic carbocycles. The third-order valence-electron chi connectivity index (χ3n) is 7.47. The van der Waals surface area contributed by atoms with Crippen LogP contribution in [0, 0.1) is 31.3 Å². The summed E-state index contributed by atoms with van der Waals surface area (Å²) in [5, 5.41) is 4.00. The second-order valence-electron chi connectivity index (χ2n) is 10.3. The van der Waals surface area contributed by atoms with Gasteiger partial charge in [0.15, 0.2) is 21.5 Å². The van der Waals surface area contributed by atoms with Gasteiger partial charge in [-0.25, -0.2) is 26.1 Å². The van der Waals surface area contributed by atoms with Gasteiger partial charge in [-0.05, 0) is 79.1 Å². The van der Waals surface area contributed by atoms with Gasteiger partial charge in [0, 0.05) is 29.9 Å². The van der Waals surface area contributed by atoms with Crippen LogP contribution in [0.5, 0.6) is 0 Å². The smallest absolute Gasteiger partial charge is 0.274 e. The van der Waals surface area contributed by atoms with E-state index in [1.165, 1.54) is 35.1 Å². The van der Waals surface area contributed by atoms with Gasteiger partial charge in [0.2, 0.25) is 0 Å². The third-order valence-corrected chi connectivity index (χ3v) is 8.97. The van der Waals surface area contributed by atoms with Gasteiger partial charge >= 0.3 is 0 Å². The summed E-state index contributed by atoms with van der Waals surface area (Å²) in [6, 6.07) is 8.54. The first-order chi connectivity index (χ1) is 19.4. The van der Waals surface area contributed by atoms with Crippen LogP contribution in [0.25, 0.3) is 22.5 Å². The molecule has 1 fully saturated rings. The third kappa shape index (κ3) is 4.43. The maximum atomic E-state index is 16.1. The summed E-state index contributed by atoms with van der Waals surface area (Å²) in [7, 11) is -3.93. The first-order valence-electron chi connectivity index (χ1n) is 12.6. The Morgan fingerprint density at radius 3 is 2.49 bits per heavy atom. The summed E-state index contributed by atoms with van der Waals surface area (Å²) in [6.07, 6.45) is 5.64. The van der Waals surface area contributed by atoms with Crippen molar-refractivity contribution >= 4 is 27.0 Å². The van der Waals surface area contributed by atoms with Gasteiger partial charge in [-0.3, -0.25) is 14.3 Å². The SMILES string of the molecule is Cc1cnc(-c2cccc(S(C)(=O)=O)c2F)c(F)c1-n1c(C)cc([C@H]2C[C@@H]2c2cc(F)cn3nccc23)c(Cl)c1=O. The Hall–Kier alpha value is -3.96. The normalized spacial score (nSPS) is 16.9. The zero-order valence-electron chi connectivity index (χ0n) is 22.0. The van der Waals surface area contributed by atoms with E-state index in [4.69, 9.17) is 11.6 Å². The zero-order chi connectivity index (χ0) is 29.4. The molecule has 1 aliphatic rings. The molecule has 0 amide bonds. The van der Waals surface area contributed by atoms with E-state index in [1.54, 1.807) is 32.2 Å². The summed E-state index contributed by atoms with van der Waals surface area (Å²) in [5.74, 6) is -2.82. The predicted molar refractivity (Wildman–Crippen MR) is 148 cm³/mol. The molecule has 6 rings (SSSR count). The van der Waals surface area contributed by atoms with E-state index in [-0.39, 0.29) is 33.7 Å². The van der Waals surface area contributed by atoms with Crippen molar-refractivity contribution < 1.29 is 21.6 Å². The highest BCUT2D eigenvalue weighted by Crippen LogP contribution is 2.56. The number of rotatable bonds is 5. The molecule has 210 valence electrons. The molecule has 0 N–H and O–H groups in total. The molecular weight excluding hydrogens is 577 g/mol. The lowest BCUT2D eigenvalue weighted by Gasteiger charge is -2.18. The average Bonchev–Trinajstić information content (AvgIpc) is 3.55. The number of benzene rings is 1. The molecule has 4 aromatic heterocycles. The molecular formula is C29H22ClF3N4O3S. The topological polar surface area (TPSA) is 86.3 Å². The largest absolute Gasteiger partial charge is 0.277 e. The van der Waals surface area contributed by atoms with Gasteiger partial charge in [0.1, 0.15) is 21.4 Å². The van der Waals surface area contributed by atoms with E-state index in [1.807, 2.05) is 0 Å². The number of sulfone groups is 1. The molecule has 1 aliphatic carbocycles. The monoisotopic (exact) mass is 598 g/mol. The highest BCUT2D eigenvalue weighted by molar-refractivity contribution is 7.90. The average molecular weight is 599 g/mol. The lowest BCUT2D eigenvalue weighted by atomic mass is 10.0. The lowest BCUT2D eigenvalue weighted by Crippen LogP contribution is -2.24. The van der Waals surface area contributed by atoms with Gasteiger partial charge in [0.05, 0.1) is 17.4 Å². The van der Waals surface area contributed by atoms with Gasteiger partial charge < -0.3 is 0 Å². The summed E-state index contributed by atoms with van der Waals surface area (Å²) in [5.41, 5.74) is 1.08. The highest BCUT2D eigenvalue weighted by Gasteiger charge is 2.43. The van der Waals surface area contributed by atoms with Gasteiger partial charge in [0.25, 0.3) is 5.56 Å². The van der Waals surface area contributed by atoms with Gasteiger partial charge in [-0.15, -0.1) is 0 Å². The maximum Gasteiger partial charge on any atom is 0.274 e. The van der Waals surface area contributed by atoms with E-state index in [9.17, 15) is 17.6 Å². The minimum atomic E-state index is -3.93. The van der Waals surface area contributed by atoms with Crippen LogP contribution in [0.3, 0.4) is 0 Å². The Kier molecular flexibility index (Phi) is 6.35. The molecule has 0 radical (unpaired) electrons. The Morgan fingerprint density at radius 2 is 1.76 bits per heavy atom. The number of fused-ring (bicyclic) bond motifs is 1. The molecule has 2 atom stereocenters. The number of aryl methyl sites for hydroxylation is 2. The Balaban J connectivity index is 1.45. The fourth-order valence-electron chi connectivity index (χ4n) is 5.49. The number of nitrogens with zero attached hydrogens (tertiary/aromatic N) is 4. The molecule has 12 heteroatoms. The van der Waals surface area contributed by atoms with E-state index >= 15 is 8.78 Å². The Bertz CT molecular complexity index is 2070. The maximum absolute atomic E-state index is 16.1.